The molecule has 112 valence electrons. The van der Waals surface area contributed by atoms with Crippen LogP contribution in [0, 0.1) is 6.92 Å². The monoisotopic (exact) mass is 373 g/mol. The van der Waals surface area contributed by atoms with Crippen molar-refractivity contribution in [2.24, 2.45) is 0 Å². The lowest BCUT2D eigenvalue weighted by atomic mass is 10.3. The average Bonchev–Trinajstić information content (AvgIpc) is 2.78. The molecule has 0 saturated heterocycles. The zero-order valence-electron chi connectivity index (χ0n) is 11.0. The lowest BCUT2D eigenvalue weighted by molar-refractivity contribution is 0.0689. The van der Waals surface area contributed by atoms with Crippen LogP contribution >= 0.6 is 15.9 Å². The molecule has 0 saturated carbocycles. The van der Waals surface area contributed by atoms with Gasteiger partial charge in [0.1, 0.15) is 0 Å². The quantitative estimate of drug-likeness (QED) is 0.852. The largest absolute Gasteiger partial charge is 0.476 e. The molecule has 1 aromatic heterocycles. The van der Waals surface area contributed by atoms with Gasteiger partial charge in [0.15, 0.2) is 15.5 Å². The van der Waals surface area contributed by atoms with Crippen LogP contribution in [0.15, 0.2) is 33.6 Å². The van der Waals surface area contributed by atoms with E-state index < -0.39 is 15.8 Å². The molecule has 7 nitrogen and oxygen atoms in total. The second-order valence-electron chi connectivity index (χ2n) is 4.32. The van der Waals surface area contributed by atoms with Gasteiger partial charge in [-0.15, -0.1) is 5.10 Å². The maximum absolute atomic E-state index is 12.2. The van der Waals surface area contributed by atoms with Gasteiger partial charge in [0.2, 0.25) is 0 Å². The van der Waals surface area contributed by atoms with Gasteiger partial charge in [-0.05, 0) is 31.2 Å². The third-order valence-electron chi connectivity index (χ3n) is 2.93. The van der Waals surface area contributed by atoms with Crippen LogP contribution in [-0.2, 0) is 16.4 Å². The number of aryl methyl sites for hydroxylation is 1. The van der Waals surface area contributed by atoms with E-state index in [1.165, 1.54) is 23.7 Å². The van der Waals surface area contributed by atoms with Crippen LogP contribution in [0.5, 0.6) is 0 Å². The van der Waals surface area contributed by atoms with Crippen LogP contribution in [0.25, 0.3) is 0 Å². The summed E-state index contributed by atoms with van der Waals surface area (Å²) < 4.78 is 26.4. The number of halogens is 1. The molecule has 1 heterocycles. The molecule has 0 unspecified atom stereocenters. The Kier molecular flexibility index (Phi) is 4.43. The fourth-order valence-electron chi connectivity index (χ4n) is 1.74. The highest BCUT2D eigenvalue weighted by molar-refractivity contribution is 9.10. The van der Waals surface area contributed by atoms with Crippen LogP contribution in [0.2, 0.25) is 0 Å². The lowest BCUT2D eigenvalue weighted by Crippen LogP contribution is -2.15. The molecule has 0 fully saturated rings. The highest BCUT2D eigenvalue weighted by Gasteiger charge is 2.18. The van der Waals surface area contributed by atoms with E-state index in [1.54, 1.807) is 12.1 Å². The van der Waals surface area contributed by atoms with Gasteiger partial charge in [-0.1, -0.05) is 21.1 Å². The summed E-state index contributed by atoms with van der Waals surface area (Å²) >= 11 is 3.24. The molecule has 0 spiro atoms. The number of carboxylic acid groups (broad SMARTS) is 1. The van der Waals surface area contributed by atoms with E-state index in [4.69, 9.17) is 5.11 Å². The number of sulfone groups is 1. The van der Waals surface area contributed by atoms with Crippen LogP contribution in [0.4, 0.5) is 0 Å². The first-order valence-electron chi connectivity index (χ1n) is 5.93. The highest BCUT2D eigenvalue weighted by atomic mass is 79.9. The molecule has 0 bridgehead atoms. The average molecular weight is 374 g/mol. The Bertz CT molecular complexity index is 768. The van der Waals surface area contributed by atoms with E-state index in [-0.39, 0.29) is 22.9 Å². The Morgan fingerprint density at radius 3 is 2.48 bits per heavy atom. The second-order valence-corrected chi connectivity index (χ2v) is 7.35. The van der Waals surface area contributed by atoms with Crippen molar-refractivity contribution >= 4 is 31.7 Å². The summed E-state index contributed by atoms with van der Waals surface area (Å²) in [6, 6.07) is 6.32. The van der Waals surface area contributed by atoms with Crippen molar-refractivity contribution in [3.63, 3.8) is 0 Å². The van der Waals surface area contributed by atoms with Crippen molar-refractivity contribution in [2.75, 3.05) is 5.75 Å². The number of nitrogens with zero attached hydrogens (tertiary/aromatic N) is 3. The van der Waals surface area contributed by atoms with Gasteiger partial charge in [-0.3, -0.25) is 0 Å². The van der Waals surface area contributed by atoms with E-state index in [0.717, 1.165) is 4.47 Å². The van der Waals surface area contributed by atoms with E-state index >= 15 is 0 Å². The molecule has 1 N–H and O–H groups in total. The molecule has 9 heteroatoms. The summed E-state index contributed by atoms with van der Waals surface area (Å²) in [6.45, 7) is 1.58. The van der Waals surface area contributed by atoms with Gasteiger partial charge in [-0.2, -0.15) is 0 Å². The number of benzene rings is 1. The summed E-state index contributed by atoms with van der Waals surface area (Å²) in [7, 11) is -3.46. The first kappa shape index (κ1) is 15.6. The highest BCUT2D eigenvalue weighted by Crippen LogP contribution is 2.16. The normalized spacial score (nSPS) is 11.5. The second kappa shape index (κ2) is 5.94. The molecule has 0 amide bonds. The van der Waals surface area contributed by atoms with Crippen molar-refractivity contribution in [1.29, 1.82) is 0 Å². The molecular formula is C12H12BrN3O4S. The predicted molar refractivity (Wildman–Crippen MR) is 77.9 cm³/mol. The van der Waals surface area contributed by atoms with Crippen molar-refractivity contribution in [2.45, 2.75) is 18.4 Å². The fraction of sp³-hybridized carbons (Fsp3) is 0.250. The molecular weight excluding hydrogens is 362 g/mol. The molecule has 0 aliphatic rings. The van der Waals surface area contributed by atoms with Gasteiger partial charge in [0.05, 0.1) is 22.9 Å². The van der Waals surface area contributed by atoms with E-state index in [0.29, 0.717) is 5.69 Å². The summed E-state index contributed by atoms with van der Waals surface area (Å²) in [5.74, 6) is -1.37. The zero-order chi connectivity index (χ0) is 15.6. The minimum atomic E-state index is -3.46. The van der Waals surface area contributed by atoms with Gasteiger partial charge >= 0.3 is 5.97 Å². The Morgan fingerprint density at radius 2 is 1.95 bits per heavy atom. The van der Waals surface area contributed by atoms with Crippen LogP contribution < -0.4 is 0 Å². The molecule has 1 aromatic carbocycles. The topological polar surface area (TPSA) is 102 Å². The lowest BCUT2D eigenvalue weighted by Gasteiger charge is -2.06. The van der Waals surface area contributed by atoms with Gasteiger partial charge in [0.25, 0.3) is 0 Å². The molecule has 0 atom stereocenters. The third kappa shape index (κ3) is 3.48. The number of aromatic nitrogens is 3. The van der Waals surface area contributed by atoms with Crippen LogP contribution in [-0.4, -0.2) is 40.2 Å². The molecule has 0 aliphatic carbocycles. The summed E-state index contributed by atoms with van der Waals surface area (Å²) in [6.07, 6.45) is 0. The molecule has 21 heavy (non-hydrogen) atoms. The predicted octanol–water partition coefficient (Wildman–Crippen LogP) is 1.52. The van der Waals surface area contributed by atoms with Crippen molar-refractivity contribution in [1.82, 2.24) is 15.0 Å². The van der Waals surface area contributed by atoms with E-state index in [1.807, 2.05) is 0 Å². The van der Waals surface area contributed by atoms with Gasteiger partial charge < -0.3 is 5.11 Å². The first-order chi connectivity index (χ1) is 9.81. The third-order valence-corrected chi connectivity index (χ3v) is 5.17. The number of hydrogen-bond acceptors (Lipinski definition) is 5. The number of rotatable bonds is 5. The van der Waals surface area contributed by atoms with E-state index in [2.05, 4.69) is 26.2 Å². The number of carbonyl (C=O) groups is 1. The molecule has 2 aromatic rings. The fourth-order valence-corrected chi connectivity index (χ4v) is 3.20. The zero-order valence-corrected chi connectivity index (χ0v) is 13.4. The SMILES string of the molecule is Cc1c(C(=O)O)nnn1CCS(=O)(=O)c1ccc(Br)cc1. The Labute approximate surface area is 129 Å². The van der Waals surface area contributed by atoms with Crippen LogP contribution in [0.1, 0.15) is 16.2 Å². The van der Waals surface area contributed by atoms with Gasteiger partial charge in [-0.25, -0.2) is 17.9 Å². The smallest absolute Gasteiger partial charge is 0.358 e. The van der Waals surface area contributed by atoms with Crippen molar-refractivity contribution in [3.05, 3.63) is 40.1 Å². The Morgan fingerprint density at radius 1 is 1.33 bits per heavy atom. The van der Waals surface area contributed by atoms with Crippen LogP contribution in [0.3, 0.4) is 0 Å². The standard InChI is InChI=1S/C12H12BrN3O4S/c1-8-11(12(17)18)14-15-16(8)6-7-21(19,20)10-4-2-9(13)3-5-10/h2-5H,6-7H2,1H3,(H,17,18). The summed E-state index contributed by atoms with van der Waals surface area (Å²) in [4.78, 5) is 11.1. The molecule has 0 aliphatic heterocycles. The maximum Gasteiger partial charge on any atom is 0.358 e. The van der Waals surface area contributed by atoms with Crippen molar-refractivity contribution in [3.8, 4) is 0 Å². The number of carboxylic acids is 1. The number of hydrogen-bond donors (Lipinski definition) is 1. The molecule has 0 radical (unpaired) electrons. The summed E-state index contributed by atoms with van der Waals surface area (Å²) in [5, 5.41) is 16.0. The minimum absolute atomic E-state index is 0.0461. The summed E-state index contributed by atoms with van der Waals surface area (Å²) in [5.41, 5.74) is 0.157. The minimum Gasteiger partial charge on any atom is -0.476 e. The first-order valence-corrected chi connectivity index (χ1v) is 8.37. The maximum atomic E-state index is 12.2. The van der Waals surface area contributed by atoms with Gasteiger partial charge in [0, 0.05) is 4.47 Å². The number of aromatic carboxylic acids is 1. The Balaban J connectivity index is 2.15. The van der Waals surface area contributed by atoms with Crippen molar-refractivity contribution < 1.29 is 18.3 Å². The molecule has 2 rings (SSSR count). The van der Waals surface area contributed by atoms with E-state index in [9.17, 15) is 13.2 Å². The Hall–Kier alpha value is -1.74.